The highest BCUT2D eigenvalue weighted by Gasteiger charge is 2.30. The van der Waals surface area contributed by atoms with Crippen molar-refractivity contribution >= 4 is 5.65 Å². The van der Waals surface area contributed by atoms with E-state index in [0.29, 0.717) is 29.4 Å². The summed E-state index contributed by atoms with van der Waals surface area (Å²) in [6.45, 7) is 4.99. The molecule has 0 atom stereocenters. The molecule has 0 aromatic carbocycles. The predicted molar refractivity (Wildman–Crippen MR) is 88.0 cm³/mol. The normalized spacial score (nSPS) is 16.6. The van der Waals surface area contributed by atoms with Gasteiger partial charge >= 0.3 is 0 Å². The molecule has 1 fully saturated rings. The van der Waals surface area contributed by atoms with Crippen molar-refractivity contribution in [3.8, 4) is 6.07 Å². The summed E-state index contributed by atoms with van der Waals surface area (Å²) in [5.74, 6) is 0.656. The first-order chi connectivity index (χ1) is 11.0. The molecule has 2 aromatic rings. The van der Waals surface area contributed by atoms with Crippen LogP contribution in [0.1, 0.15) is 57.2 Å². The molecule has 122 valence electrons. The lowest BCUT2D eigenvalue weighted by atomic mass is 9.76. The second kappa shape index (κ2) is 6.17. The van der Waals surface area contributed by atoms with Crippen molar-refractivity contribution in [2.45, 2.75) is 58.0 Å². The minimum Gasteiger partial charge on any atom is -0.306 e. The number of aromatic amines is 1. The Hall–Kier alpha value is -2.13. The van der Waals surface area contributed by atoms with E-state index < -0.39 is 0 Å². The molecule has 6 heteroatoms. The highest BCUT2D eigenvalue weighted by Crippen LogP contribution is 2.32. The number of nitrogens with zero attached hydrogens (tertiary/aromatic N) is 3. The van der Waals surface area contributed by atoms with Gasteiger partial charge in [-0.15, -0.1) is 0 Å². The molecule has 1 aliphatic carbocycles. The number of H-pyrrole nitrogens is 1. The molecule has 23 heavy (non-hydrogen) atoms. The predicted octanol–water partition coefficient (Wildman–Crippen LogP) is 2.34. The molecule has 2 N–H and O–H groups in total. The average Bonchev–Trinajstić information content (AvgIpc) is 2.97. The van der Waals surface area contributed by atoms with Crippen LogP contribution in [0.15, 0.2) is 17.1 Å². The summed E-state index contributed by atoms with van der Waals surface area (Å²) < 4.78 is 1.30. The van der Waals surface area contributed by atoms with Gasteiger partial charge in [0, 0.05) is 24.3 Å². The zero-order valence-electron chi connectivity index (χ0n) is 13.7. The van der Waals surface area contributed by atoms with Gasteiger partial charge in [0.25, 0.3) is 5.56 Å². The zero-order chi connectivity index (χ0) is 16.4. The van der Waals surface area contributed by atoms with Crippen molar-refractivity contribution in [2.75, 3.05) is 0 Å². The summed E-state index contributed by atoms with van der Waals surface area (Å²) in [6, 6.07) is 3.58. The van der Waals surface area contributed by atoms with Crippen LogP contribution in [0.2, 0.25) is 0 Å². The van der Waals surface area contributed by atoms with Crippen molar-refractivity contribution in [1.29, 1.82) is 5.26 Å². The average molecular weight is 313 g/mol. The van der Waals surface area contributed by atoms with Crippen molar-refractivity contribution in [3.05, 3.63) is 33.9 Å². The van der Waals surface area contributed by atoms with Crippen LogP contribution in [0.5, 0.6) is 0 Å². The fraction of sp³-hybridized carbons (Fsp3) is 0.588. The maximum atomic E-state index is 12.1. The van der Waals surface area contributed by atoms with E-state index in [4.69, 9.17) is 5.26 Å². The third-order valence-corrected chi connectivity index (χ3v) is 5.02. The van der Waals surface area contributed by atoms with E-state index in [1.54, 1.807) is 0 Å². The van der Waals surface area contributed by atoms with Crippen molar-refractivity contribution < 1.29 is 0 Å². The molecule has 1 aliphatic rings. The molecule has 2 aromatic heterocycles. The number of aromatic nitrogens is 3. The molecule has 0 aliphatic heterocycles. The van der Waals surface area contributed by atoms with Crippen LogP contribution in [-0.2, 0) is 6.54 Å². The Morgan fingerprint density at radius 1 is 1.43 bits per heavy atom. The first-order valence-electron chi connectivity index (χ1n) is 8.26. The monoisotopic (exact) mass is 313 g/mol. The molecule has 2 heterocycles. The maximum Gasteiger partial charge on any atom is 0.272 e. The van der Waals surface area contributed by atoms with Crippen LogP contribution < -0.4 is 10.9 Å². The minimum atomic E-state index is -0.191. The number of hydrogen-bond acceptors (Lipinski definition) is 4. The van der Waals surface area contributed by atoms with Crippen LogP contribution in [0.3, 0.4) is 0 Å². The molecule has 0 amide bonds. The summed E-state index contributed by atoms with van der Waals surface area (Å²) in [4.78, 5) is 16.6. The van der Waals surface area contributed by atoms with Gasteiger partial charge in [-0.3, -0.25) is 9.89 Å². The van der Waals surface area contributed by atoms with E-state index in [1.807, 2.05) is 0 Å². The molecule has 0 bridgehead atoms. The third-order valence-electron chi connectivity index (χ3n) is 5.02. The van der Waals surface area contributed by atoms with Crippen LogP contribution >= 0.6 is 0 Å². The van der Waals surface area contributed by atoms with Crippen LogP contribution in [0, 0.1) is 17.2 Å². The Labute approximate surface area is 135 Å². The van der Waals surface area contributed by atoms with E-state index in [2.05, 4.69) is 35.3 Å². The number of fused-ring (bicyclic) bond motifs is 1. The number of rotatable bonds is 4. The molecule has 6 nitrogen and oxygen atoms in total. The van der Waals surface area contributed by atoms with Gasteiger partial charge in [0.15, 0.2) is 5.65 Å². The summed E-state index contributed by atoms with van der Waals surface area (Å²) in [5, 5.41) is 15.4. The molecule has 0 radical (unpaired) electrons. The number of hydrogen-bond donors (Lipinski definition) is 2. The Kier molecular flexibility index (Phi) is 4.22. The van der Waals surface area contributed by atoms with Gasteiger partial charge < -0.3 is 5.32 Å². The van der Waals surface area contributed by atoms with E-state index in [1.165, 1.54) is 48.9 Å². The first-order valence-corrected chi connectivity index (χ1v) is 8.26. The van der Waals surface area contributed by atoms with Gasteiger partial charge in [0.1, 0.15) is 11.6 Å². The Balaban J connectivity index is 1.79. The topological polar surface area (TPSA) is 86.0 Å². The van der Waals surface area contributed by atoms with Crippen LogP contribution in [0.25, 0.3) is 5.65 Å². The standard InChI is InChI=1S/C17H23N5O/c1-17(2,13-6-4-3-5-7-13)19-11-14-8-15(23)22-16(21-14)12(9-18)10-20-22/h8,10,13,19-20H,3-7,11H2,1-2H3. The van der Waals surface area contributed by atoms with E-state index >= 15 is 0 Å². The first kappa shape index (κ1) is 15.8. The van der Waals surface area contributed by atoms with E-state index in [-0.39, 0.29) is 11.1 Å². The second-order valence-electron chi connectivity index (χ2n) is 6.95. The summed E-state index contributed by atoms with van der Waals surface area (Å²) in [5.41, 5.74) is 1.28. The van der Waals surface area contributed by atoms with Gasteiger partial charge in [0.2, 0.25) is 0 Å². The zero-order valence-corrected chi connectivity index (χ0v) is 13.7. The lowest BCUT2D eigenvalue weighted by Crippen LogP contribution is -2.46. The van der Waals surface area contributed by atoms with Crippen molar-refractivity contribution in [3.63, 3.8) is 0 Å². The van der Waals surface area contributed by atoms with Crippen LogP contribution in [0.4, 0.5) is 0 Å². The van der Waals surface area contributed by atoms with E-state index in [9.17, 15) is 4.79 Å². The second-order valence-corrected chi connectivity index (χ2v) is 6.95. The molecule has 0 spiro atoms. The fourth-order valence-electron chi connectivity index (χ4n) is 3.49. The molecule has 0 unspecified atom stereocenters. The lowest BCUT2D eigenvalue weighted by molar-refractivity contribution is 0.192. The third kappa shape index (κ3) is 3.15. The largest absolute Gasteiger partial charge is 0.306 e. The molecule has 0 saturated heterocycles. The lowest BCUT2D eigenvalue weighted by Gasteiger charge is -2.38. The van der Waals surface area contributed by atoms with Crippen molar-refractivity contribution in [2.24, 2.45) is 5.92 Å². The number of nitrogens with one attached hydrogen (secondary N) is 2. The number of nitriles is 1. The molecular weight excluding hydrogens is 290 g/mol. The van der Waals surface area contributed by atoms with Gasteiger partial charge in [0.05, 0.1) is 5.69 Å². The highest BCUT2D eigenvalue weighted by atomic mass is 16.1. The Morgan fingerprint density at radius 2 is 2.17 bits per heavy atom. The molecule has 1 saturated carbocycles. The Morgan fingerprint density at radius 3 is 2.87 bits per heavy atom. The van der Waals surface area contributed by atoms with Crippen molar-refractivity contribution in [1.82, 2.24) is 19.9 Å². The fourth-order valence-corrected chi connectivity index (χ4v) is 3.49. The van der Waals surface area contributed by atoms with Gasteiger partial charge in [-0.1, -0.05) is 19.3 Å². The molecular formula is C17H23N5O. The SMILES string of the molecule is CC(C)(NCc1cc(=O)n2[nH]cc(C#N)c2n1)C1CCCCC1. The maximum absolute atomic E-state index is 12.1. The smallest absolute Gasteiger partial charge is 0.272 e. The highest BCUT2D eigenvalue weighted by molar-refractivity contribution is 5.53. The van der Waals surface area contributed by atoms with Gasteiger partial charge in [-0.25, -0.2) is 9.50 Å². The van der Waals surface area contributed by atoms with Gasteiger partial charge in [-0.2, -0.15) is 5.26 Å². The summed E-state index contributed by atoms with van der Waals surface area (Å²) in [6.07, 6.45) is 7.96. The van der Waals surface area contributed by atoms with Gasteiger partial charge in [-0.05, 0) is 32.6 Å². The quantitative estimate of drug-likeness (QED) is 0.907. The van der Waals surface area contributed by atoms with E-state index in [0.717, 1.165) is 0 Å². The Bertz CT molecular complexity index is 789. The van der Waals surface area contributed by atoms with Crippen LogP contribution in [-0.4, -0.2) is 20.1 Å². The minimum absolute atomic E-state index is 0.0173. The summed E-state index contributed by atoms with van der Waals surface area (Å²) in [7, 11) is 0. The summed E-state index contributed by atoms with van der Waals surface area (Å²) >= 11 is 0. The molecule has 3 rings (SSSR count).